The lowest BCUT2D eigenvalue weighted by atomic mass is 9.47. The maximum absolute atomic E-state index is 14.7. The lowest BCUT2D eigenvalue weighted by Gasteiger charge is -2.52. The first kappa shape index (κ1) is 27.9. The molecule has 240 valence electrons. The van der Waals surface area contributed by atoms with Gasteiger partial charge in [0.25, 0.3) is 11.8 Å². The summed E-state index contributed by atoms with van der Waals surface area (Å²) in [6, 6.07) is 41.2. The van der Waals surface area contributed by atoms with Gasteiger partial charge in [-0.25, -0.2) is 4.90 Å². The van der Waals surface area contributed by atoms with Crippen LogP contribution in [0.4, 0.5) is 5.69 Å². The summed E-state index contributed by atoms with van der Waals surface area (Å²) in [5.41, 5.74) is 7.39. The van der Waals surface area contributed by atoms with Crippen LogP contribution in [-0.4, -0.2) is 34.9 Å². The van der Waals surface area contributed by atoms with Crippen molar-refractivity contribution >= 4 is 35.5 Å². The minimum absolute atomic E-state index is 0.246. The van der Waals surface area contributed by atoms with Crippen molar-refractivity contribution in [3.8, 4) is 0 Å². The summed E-state index contributed by atoms with van der Waals surface area (Å²) in [6.07, 6.45) is 1.66. The molecule has 2 heterocycles. The number of amides is 4. The average molecular weight is 652 g/mol. The number of hydrogen-bond donors (Lipinski definition) is 0. The molecule has 0 unspecified atom stereocenters. The highest BCUT2D eigenvalue weighted by atomic mass is 16.2. The first-order chi connectivity index (χ1) is 24.5. The third-order valence-corrected chi connectivity index (χ3v) is 12.5. The molecule has 50 heavy (non-hydrogen) atoms. The van der Waals surface area contributed by atoms with E-state index in [2.05, 4.69) is 24.3 Å². The minimum atomic E-state index is -1.19. The van der Waals surface area contributed by atoms with Crippen LogP contribution in [0.3, 0.4) is 0 Å². The Bertz CT molecular complexity index is 2240. The zero-order valence-electron chi connectivity index (χ0n) is 26.7. The Kier molecular flexibility index (Phi) is 5.36. The number of imide groups is 2. The van der Waals surface area contributed by atoms with Crippen LogP contribution in [0, 0.1) is 23.7 Å². The highest BCUT2D eigenvalue weighted by molar-refractivity contribution is 6.25. The number of hydrogen-bond acceptors (Lipinski definition) is 5. The van der Waals surface area contributed by atoms with Gasteiger partial charge in [-0.05, 0) is 56.6 Å². The monoisotopic (exact) mass is 651 g/mol. The summed E-state index contributed by atoms with van der Waals surface area (Å²) in [7, 11) is 0. The molecule has 8 aliphatic rings. The molecule has 13 rings (SSSR count). The molecule has 0 N–H and O–H groups in total. The molecule has 2 fully saturated rings. The molecule has 0 saturated carbocycles. The van der Waals surface area contributed by atoms with Crippen LogP contribution in [0.1, 0.15) is 62.3 Å². The Hall–Kier alpha value is -5.95. The maximum atomic E-state index is 14.7. The van der Waals surface area contributed by atoms with Crippen molar-refractivity contribution in [2.75, 3.05) is 4.90 Å². The van der Waals surface area contributed by atoms with Crippen molar-refractivity contribution in [2.45, 2.75) is 23.2 Å². The van der Waals surface area contributed by atoms with Crippen molar-refractivity contribution in [2.24, 2.45) is 28.8 Å². The van der Waals surface area contributed by atoms with Gasteiger partial charge in [0, 0.05) is 24.0 Å². The fraction of sp³-hybridized carbons (Fsp3) is 0.186. The predicted molar refractivity (Wildman–Crippen MR) is 185 cm³/mol. The maximum Gasteiger partial charge on any atom is 0.254 e. The van der Waals surface area contributed by atoms with E-state index in [1.165, 1.54) is 4.90 Å². The van der Waals surface area contributed by atoms with Gasteiger partial charge in [0.1, 0.15) is 0 Å². The van der Waals surface area contributed by atoms with Gasteiger partial charge in [-0.15, -0.1) is 0 Å². The third-order valence-electron chi connectivity index (χ3n) is 12.5. The normalized spacial score (nSPS) is 30.7. The number of rotatable bonds is 3. The molecule has 4 bridgehead atoms. The lowest BCUT2D eigenvalue weighted by molar-refractivity contribution is -0.140. The van der Waals surface area contributed by atoms with Crippen LogP contribution in [0.25, 0.3) is 0 Å². The number of benzene rings is 5. The van der Waals surface area contributed by atoms with E-state index >= 15 is 0 Å². The Morgan fingerprint density at radius 1 is 0.460 bits per heavy atom. The van der Waals surface area contributed by atoms with Crippen molar-refractivity contribution in [3.63, 3.8) is 0 Å². The van der Waals surface area contributed by atoms with E-state index < -0.39 is 29.1 Å². The zero-order valence-corrected chi connectivity index (χ0v) is 26.7. The molecule has 7 heteroatoms. The molecule has 0 aromatic heterocycles. The van der Waals surface area contributed by atoms with E-state index in [9.17, 15) is 19.2 Å². The van der Waals surface area contributed by atoms with Crippen LogP contribution >= 0.6 is 0 Å². The van der Waals surface area contributed by atoms with E-state index in [4.69, 9.17) is 5.10 Å². The topological polar surface area (TPSA) is 87.1 Å². The summed E-state index contributed by atoms with van der Waals surface area (Å²) in [5, 5.41) is 5.95. The predicted octanol–water partition coefficient (Wildman–Crippen LogP) is 6.12. The number of para-hydroxylation sites is 1. The SMILES string of the molecule is O=C1[C@@H]2C3c4ccccc4C(c4ccccc43)[C@@H]2C(=O)N1/N=C\C12c3ccccc3C(c3ccccc31)[C@H]1C(=O)N(c3ccccc3)C(=O)[C@@H]12. The summed E-state index contributed by atoms with van der Waals surface area (Å²) >= 11 is 0. The van der Waals surface area contributed by atoms with Gasteiger partial charge < -0.3 is 0 Å². The van der Waals surface area contributed by atoms with Crippen molar-refractivity contribution in [1.29, 1.82) is 0 Å². The molecule has 2 saturated heterocycles. The Labute approximate surface area is 287 Å². The van der Waals surface area contributed by atoms with Crippen LogP contribution in [-0.2, 0) is 24.6 Å². The second-order valence-corrected chi connectivity index (χ2v) is 14.4. The molecule has 4 atom stereocenters. The van der Waals surface area contributed by atoms with Crippen molar-refractivity contribution in [3.05, 3.63) is 172 Å². The first-order valence-electron chi connectivity index (χ1n) is 17.2. The number of carbonyl (C=O) groups excluding carboxylic acids is 4. The quantitative estimate of drug-likeness (QED) is 0.174. The number of anilines is 1. The van der Waals surface area contributed by atoms with Crippen molar-refractivity contribution in [1.82, 2.24) is 5.01 Å². The summed E-state index contributed by atoms with van der Waals surface area (Å²) < 4.78 is 0. The van der Waals surface area contributed by atoms with E-state index in [0.29, 0.717) is 5.69 Å². The second-order valence-electron chi connectivity index (χ2n) is 14.4. The first-order valence-corrected chi connectivity index (χ1v) is 17.2. The van der Waals surface area contributed by atoms with Gasteiger partial charge >= 0.3 is 0 Å². The molecule has 5 aromatic carbocycles. The fourth-order valence-electron chi connectivity index (χ4n) is 10.8. The molecule has 0 radical (unpaired) electrons. The van der Waals surface area contributed by atoms with Gasteiger partial charge in [-0.3, -0.25) is 19.2 Å². The summed E-state index contributed by atoms with van der Waals surface area (Å²) in [4.78, 5) is 59.7. The smallest absolute Gasteiger partial charge is 0.254 e. The highest BCUT2D eigenvalue weighted by Crippen LogP contribution is 2.64. The summed E-state index contributed by atoms with van der Waals surface area (Å²) in [6.45, 7) is 0. The number of nitrogens with zero attached hydrogens (tertiary/aromatic N) is 3. The van der Waals surface area contributed by atoms with E-state index in [1.54, 1.807) is 18.3 Å². The lowest BCUT2D eigenvalue weighted by Crippen LogP contribution is -2.55. The van der Waals surface area contributed by atoms with E-state index in [1.807, 2.05) is 91.0 Å². The number of carbonyl (C=O) groups is 4. The Morgan fingerprint density at radius 2 is 0.880 bits per heavy atom. The molecule has 7 nitrogen and oxygen atoms in total. The van der Waals surface area contributed by atoms with Crippen LogP contribution < -0.4 is 4.90 Å². The minimum Gasteiger partial charge on any atom is -0.274 e. The van der Waals surface area contributed by atoms with Gasteiger partial charge in [0.2, 0.25) is 11.8 Å². The van der Waals surface area contributed by atoms with Crippen LogP contribution in [0.5, 0.6) is 0 Å². The van der Waals surface area contributed by atoms with E-state index in [0.717, 1.165) is 49.5 Å². The standard InChI is InChI=1S/C43H29N3O4/c47-39-37-34-28-18-8-10-20-30(28)43(31-21-11-9-19-29(31)34,38(37)42(50)45(39)23-12-2-1-3-13-23)22-44-46-40(48)35-32-24-14-4-5-15-25(24)33(36(35)41(46)49)27-17-7-6-16-26(27)32/h1-22,32-38H/b44-22-/t32?,33?,34?,35-,36+,37-,38-,43?/m1/s1. The third kappa shape index (κ3) is 3.15. The van der Waals surface area contributed by atoms with Gasteiger partial charge in [0.05, 0.1) is 34.8 Å². The molecular weight excluding hydrogens is 622 g/mol. The fourth-order valence-corrected chi connectivity index (χ4v) is 10.8. The Balaban J connectivity index is 1.09. The molecule has 4 amide bonds. The molecule has 2 aliphatic heterocycles. The molecule has 6 aliphatic carbocycles. The Morgan fingerprint density at radius 3 is 1.38 bits per heavy atom. The van der Waals surface area contributed by atoms with Crippen LogP contribution in [0.15, 0.2) is 132 Å². The average Bonchev–Trinajstić information content (AvgIpc) is 3.59. The molecular formula is C43H29N3O4. The van der Waals surface area contributed by atoms with E-state index in [-0.39, 0.29) is 41.4 Å². The molecule has 0 spiro atoms. The highest BCUT2D eigenvalue weighted by Gasteiger charge is 2.68. The zero-order chi connectivity index (χ0) is 33.5. The van der Waals surface area contributed by atoms with Gasteiger partial charge in [-0.2, -0.15) is 10.1 Å². The molecule has 5 aromatic rings. The van der Waals surface area contributed by atoms with Gasteiger partial charge in [-0.1, -0.05) is 115 Å². The van der Waals surface area contributed by atoms with Gasteiger partial charge in [0.15, 0.2) is 0 Å². The van der Waals surface area contributed by atoms with Crippen LogP contribution in [0.2, 0.25) is 0 Å². The van der Waals surface area contributed by atoms with Crippen molar-refractivity contribution < 1.29 is 19.2 Å². The second kappa shape index (κ2) is 9.60. The largest absolute Gasteiger partial charge is 0.274 e. The summed E-state index contributed by atoms with van der Waals surface area (Å²) in [5.74, 6) is -4.67. The number of hydrazone groups is 1.